The maximum absolute atomic E-state index is 13.5. The molecule has 1 heterocycles. The van der Waals surface area contributed by atoms with Crippen molar-refractivity contribution < 1.29 is 44.7 Å². The van der Waals surface area contributed by atoms with Crippen LogP contribution in [0.1, 0.15) is 41.5 Å². The number of carbonyl (C=O) groups excluding carboxylic acids is 1. The maximum atomic E-state index is 13.5. The molecule has 0 bridgehead atoms. The topological polar surface area (TPSA) is 144 Å². The molecule has 39 heavy (non-hydrogen) atoms. The third-order valence-electron chi connectivity index (χ3n) is 4.54. The molecule has 214 valence electrons. The summed E-state index contributed by atoms with van der Waals surface area (Å²) in [6, 6.07) is 8.27. The number of methoxy groups -OCH3 is 1. The molecule has 15 heteroatoms. The van der Waals surface area contributed by atoms with Crippen LogP contribution in [0.3, 0.4) is 0 Å². The average Bonchev–Trinajstić information content (AvgIpc) is 3.11. The van der Waals surface area contributed by atoms with E-state index in [0.717, 1.165) is 31.4 Å². The number of nitrogens with zero attached hydrogens (tertiary/aromatic N) is 2. The first-order valence-electron chi connectivity index (χ1n) is 11.6. The van der Waals surface area contributed by atoms with E-state index in [9.17, 15) is 22.2 Å². The Balaban J connectivity index is 1.97. The van der Waals surface area contributed by atoms with Crippen LogP contribution in [0, 0.1) is 5.82 Å². The van der Waals surface area contributed by atoms with Gasteiger partial charge in [-0.2, -0.15) is 8.42 Å². The molecule has 0 saturated heterocycles. The Bertz CT molecular complexity index is 1470. The average molecular weight is 588 g/mol. The lowest BCUT2D eigenvalue weighted by Crippen LogP contribution is -2.25. The standard InChI is InChI=1S/C24H31FN3O9PS/c1-23(2,3)36-38(30,37-24(4,5)6)34-15-28-20-13-10-17(14-19(20)26-21(28)27-22(29)33-7)35-39(31,32)18-11-8-16(25)9-12-18/h8-14H,15H2,1-7H3,(H,26,27,29). The number of ether oxygens (including phenoxy) is 1. The van der Waals surface area contributed by atoms with E-state index in [1.807, 2.05) is 0 Å². The zero-order chi connectivity index (χ0) is 29.2. The van der Waals surface area contributed by atoms with Crippen molar-refractivity contribution in [3.8, 4) is 5.75 Å². The fourth-order valence-electron chi connectivity index (χ4n) is 3.18. The highest BCUT2D eigenvalue weighted by atomic mass is 32.2. The molecule has 3 aromatic rings. The van der Waals surface area contributed by atoms with Crippen LogP contribution in [0.15, 0.2) is 47.4 Å². The molecule has 3 rings (SSSR count). The minimum Gasteiger partial charge on any atom is -0.453 e. The summed E-state index contributed by atoms with van der Waals surface area (Å²) >= 11 is 0. The summed E-state index contributed by atoms with van der Waals surface area (Å²) in [4.78, 5) is 16.0. The second kappa shape index (κ2) is 11.2. The predicted molar refractivity (Wildman–Crippen MR) is 140 cm³/mol. The number of aromatic nitrogens is 2. The van der Waals surface area contributed by atoms with E-state index >= 15 is 0 Å². The Morgan fingerprint density at radius 2 is 1.62 bits per heavy atom. The van der Waals surface area contributed by atoms with Crippen molar-refractivity contribution in [3.05, 3.63) is 48.3 Å². The Morgan fingerprint density at radius 3 is 2.15 bits per heavy atom. The molecule has 1 aromatic heterocycles. The normalized spacial score (nSPS) is 12.9. The molecule has 1 N–H and O–H groups in total. The van der Waals surface area contributed by atoms with Crippen LogP contribution in [-0.2, 0) is 39.7 Å². The van der Waals surface area contributed by atoms with E-state index in [4.69, 9.17) is 17.8 Å². The summed E-state index contributed by atoms with van der Waals surface area (Å²) < 4.78 is 80.1. The number of benzene rings is 2. The van der Waals surface area contributed by atoms with Crippen molar-refractivity contribution in [1.29, 1.82) is 0 Å². The van der Waals surface area contributed by atoms with E-state index in [-0.39, 0.29) is 22.1 Å². The third-order valence-corrected chi connectivity index (χ3v) is 7.78. The molecule has 0 aliphatic carbocycles. The second-order valence-corrected chi connectivity index (χ2v) is 13.3. The number of halogens is 1. The molecular weight excluding hydrogens is 556 g/mol. The summed E-state index contributed by atoms with van der Waals surface area (Å²) in [7, 11) is -7.26. The summed E-state index contributed by atoms with van der Waals surface area (Å²) in [5.41, 5.74) is -1.22. The van der Waals surface area contributed by atoms with Crippen molar-refractivity contribution in [1.82, 2.24) is 9.55 Å². The number of imidazole rings is 1. The van der Waals surface area contributed by atoms with Crippen molar-refractivity contribution in [2.24, 2.45) is 0 Å². The molecule has 0 aliphatic rings. The molecule has 0 saturated carbocycles. The van der Waals surface area contributed by atoms with E-state index in [1.165, 1.54) is 22.8 Å². The zero-order valence-corrected chi connectivity index (χ0v) is 24.3. The molecule has 0 aliphatic heterocycles. The molecule has 1 amide bonds. The van der Waals surface area contributed by atoms with Crippen LogP contribution in [0.25, 0.3) is 11.0 Å². The Hall–Kier alpha value is -3.03. The van der Waals surface area contributed by atoms with Crippen molar-refractivity contribution in [2.75, 3.05) is 12.4 Å². The first kappa shape index (κ1) is 30.5. The Morgan fingerprint density at radius 1 is 1.03 bits per heavy atom. The smallest absolute Gasteiger partial charge is 0.453 e. The fraction of sp³-hybridized carbons (Fsp3) is 0.417. The minimum absolute atomic E-state index is 0.0616. The number of nitrogens with one attached hydrogen (secondary N) is 1. The van der Waals surface area contributed by atoms with E-state index in [2.05, 4.69) is 15.0 Å². The van der Waals surface area contributed by atoms with Gasteiger partial charge in [0.05, 0.1) is 29.3 Å². The highest BCUT2D eigenvalue weighted by Crippen LogP contribution is 2.55. The van der Waals surface area contributed by atoms with E-state index in [1.54, 1.807) is 41.5 Å². The summed E-state index contributed by atoms with van der Waals surface area (Å²) in [6.45, 7) is 9.69. The predicted octanol–water partition coefficient (Wildman–Crippen LogP) is 5.83. The van der Waals surface area contributed by atoms with Crippen LogP contribution in [0.4, 0.5) is 15.1 Å². The molecule has 0 unspecified atom stereocenters. The van der Waals surface area contributed by atoms with Gasteiger partial charge in [-0.1, -0.05) is 0 Å². The fourth-order valence-corrected chi connectivity index (χ4v) is 5.84. The van der Waals surface area contributed by atoms with Gasteiger partial charge in [-0.25, -0.2) is 18.7 Å². The van der Waals surface area contributed by atoms with Gasteiger partial charge in [-0.05, 0) is 77.9 Å². The van der Waals surface area contributed by atoms with Crippen molar-refractivity contribution >= 4 is 41.0 Å². The van der Waals surface area contributed by atoms with Crippen LogP contribution in [-0.4, -0.2) is 42.4 Å². The second-order valence-electron chi connectivity index (χ2n) is 10.2. The third kappa shape index (κ3) is 8.48. The first-order valence-corrected chi connectivity index (χ1v) is 14.5. The van der Waals surface area contributed by atoms with Gasteiger partial charge in [0.25, 0.3) is 0 Å². The van der Waals surface area contributed by atoms with Gasteiger partial charge in [0.2, 0.25) is 5.95 Å². The van der Waals surface area contributed by atoms with Gasteiger partial charge in [-0.3, -0.25) is 23.5 Å². The number of phosphoric ester groups is 1. The van der Waals surface area contributed by atoms with Gasteiger partial charge in [-0.15, -0.1) is 0 Å². The summed E-state index contributed by atoms with van der Waals surface area (Å²) in [5.74, 6) is -0.757. The SMILES string of the molecule is COC(=O)Nc1nc2cc(OS(=O)(=O)c3ccc(F)cc3)ccc2n1COP(=O)(OC(C)(C)C)OC(C)(C)C. The summed E-state index contributed by atoms with van der Waals surface area (Å²) in [5, 5.41) is 2.43. The summed E-state index contributed by atoms with van der Waals surface area (Å²) in [6.07, 6.45) is -0.845. The Labute approximate surface area is 226 Å². The number of anilines is 1. The van der Waals surface area contributed by atoms with Crippen LogP contribution in [0.2, 0.25) is 0 Å². The monoisotopic (exact) mass is 587 g/mol. The lowest BCUT2D eigenvalue weighted by molar-refractivity contribution is -0.00543. The quantitative estimate of drug-likeness (QED) is 0.240. The molecule has 12 nitrogen and oxygen atoms in total. The van der Waals surface area contributed by atoms with E-state index in [0.29, 0.717) is 5.52 Å². The van der Waals surface area contributed by atoms with Gasteiger partial charge >= 0.3 is 24.0 Å². The van der Waals surface area contributed by atoms with Gasteiger partial charge < -0.3 is 8.92 Å². The highest BCUT2D eigenvalue weighted by Gasteiger charge is 2.37. The van der Waals surface area contributed by atoms with Crippen LogP contribution in [0.5, 0.6) is 5.75 Å². The number of fused-ring (bicyclic) bond motifs is 1. The van der Waals surface area contributed by atoms with Gasteiger partial charge in [0.1, 0.15) is 23.2 Å². The lowest BCUT2D eigenvalue weighted by Gasteiger charge is -2.31. The number of hydrogen-bond donors (Lipinski definition) is 1. The minimum atomic E-state index is -4.28. The molecule has 0 spiro atoms. The number of amides is 1. The number of carbonyl (C=O) groups is 1. The van der Waals surface area contributed by atoms with Crippen LogP contribution < -0.4 is 9.50 Å². The number of hydrogen-bond acceptors (Lipinski definition) is 10. The number of rotatable bonds is 9. The first-order chi connectivity index (χ1) is 17.9. The van der Waals surface area contributed by atoms with Crippen molar-refractivity contribution in [3.63, 3.8) is 0 Å². The molecule has 0 fully saturated rings. The van der Waals surface area contributed by atoms with Gasteiger partial charge in [0.15, 0.2) is 0 Å². The zero-order valence-electron chi connectivity index (χ0n) is 22.6. The lowest BCUT2D eigenvalue weighted by atomic mass is 10.2. The molecule has 0 radical (unpaired) electrons. The largest absolute Gasteiger partial charge is 0.477 e. The van der Waals surface area contributed by atoms with Crippen LogP contribution >= 0.6 is 7.82 Å². The molecular formula is C24H31FN3O9PS. The van der Waals surface area contributed by atoms with E-state index < -0.39 is 47.8 Å². The molecule has 2 aromatic carbocycles. The highest BCUT2D eigenvalue weighted by molar-refractivity contribution is 7.87. The Kier molecular flexibility index (Phi) is 8.78. The molecule has 0 atom stereocenters. The van der Waals surface area contributed by atoms with Crippen molar-refractivity contribution in [2.45, 2.75) is 64.4 Å². The maximum Gasteiger partial charge on any atom is 0.477 e. The van der Waals surface area contributed by atoms with Gasteiger partial charge in [0, 0.05) is 6.07 Å². The number of phosphoric acid groups is 1.